The van der Waals surface area contributed by atoms with Gasteiger partial charge in [-0.15, -0.1) is 0 Å². The van der Waals surface area contributed by atoms with Crippen molar-refractivity contribution in [1.29, 1.82) is 0 Å². The lowest BCUT2D eigenvalue weighted by Crippen LogP contribution is -2.35. The van der Waals surface area contributed by atoms with Crippen LogP contribution in [0.4, 0.5) is 0 Å². The average molecular weight is 272 g/mol. The maximum absolute atomic E-state index is 12.1. The third kappa shape index (κ3) is 9.47. The van der Waals surface area contributed by atoms with Gasteiger partial charge < -0.3 is 14.5 Å². The third-order valence-electron chi connectivity index (χ3n) is 2.78. The normalized spacial score (nSPS) is 10.9. The van der Waals surface area contributed by atoms with Gasteiger partial charge in [-0.1, -0.05) is 13.8 Å². The highest BCUT2D eigenvalue weighted by molar-refractivity contribution is 5.77. The molecule has 0 aliphatic heterocycles. The molecule has 0 rings (SSSR count). The fourth-order valence-electron chi connectivity index (χ4n) is 1.75. The molecule has 0 fully saturated rings. The highest BCUT2D eigenvalue weighted by Crippen LogP contribution is 2.06. The van der Waals surface area contributed by atoms with E-state index in [9.17, 15) is 9.59 Å². The van der Waals surface area contributed by atoms with Crippen LogP contribution in [0.1, 0.15) is 33.1 Å². The van der Waals surface area contributed by atoms with E-state index in [1.165, 1.54) is 7.11 Å². The van der Waals surface area contributed by atoms with Crippen LogP contribution in [0, 0.1) is 5.92 Å². The molecule has 0 aliphatic carbocycles. The van der Waals surface area contributed by atoms with Crippen molar-refractivity contribution in [2.75, 3.05) is 40.8 Å². The molecule has 0 aromatic rings. The Morgan fingerprint density at radius 2 is 1.74 bits per heavy atom. The number of nitrogens with zero attached hydrogens (tertiary/aromatic N) is 2. The molecule has 0 heterocycles. The van der Waals surface area contributed by atoms with Crippen molar-refractivity contribution in [1.82, 2.24) is 9.80 Å². The molecular weight excluding hydrogens is 244 g/mol. The quantitative estimate of drug-likeness (QED) is 0.595. The number of carbonyl (C=O) groups excluding carboxylic acids is 2. The number of hydrogen-bond acceptors (Lipinski definition) is 4. The van der Waals surface area contributed by atoms with E-state index in [2.05, 4.69) is 9.64 Å². The first-order valence-electron chi connectivity index (χ1n) is 6.86. The minimum Gasteiger partial charge on any atom is -0.469 e. The van der Waals surface area contributed by atoms with Crippen LogP contribution >= 0.6 is 0 Å². The van der Waals surface area contributed by atoms with Crippen LogP contribution in [0.5, 0.6) is 0 Å². The van der Waals surface area contributed by atoms with E-state index in [1.54, 1.807) is 4.90 Å². The second-order valence-corrected chi connectivity index (χ2v) is 5.46. The van der Waals surface area contributed by atoms with Gasteiger partial charge in [-0.3, -0.25) is 9.59 Å². The predicted octanol–water partition coefficient (Wildman–Crippen LogP) is 1.38. The van der Waals surface area contributed by atoms with Crippen molar-refractivity contribution in [3.63, 3.8) is 0 Å². The number of rotatable bonds is 9. The summed E-state index contributed by atoms with van der Waals surface area (Å²) in [4.78, 5) is 27.1. The Bertz CT molecular complexity index is 278. The Morgan fingerprint density at radius 3 is 2.21 bits per heavy atom. The van der Waals surface area contributed by atoms with E-state index >= 15 is 0 Å². The van der Waals surface area contributed by atoms with E-state index in [1.807, 2.05) is 27.9 Å². The SMILES string of the molecule is COC(=O)CCN(CCCN(C)C)C(=O)CC(C)C. The molecule has 19 heavy (non-hydrogen) atoms. The zero-order valence-electron chi connectivity index (χ0n) is 12.9. The summed E-state index contributed by atoms with van der Waals surface area (Å²) in [5.41, 5.74) is 0. The van der Waals surface area contributed by atoms with Gasteiger partial charge >= 0.3 is 5.97 Å². The van der Waals surface area contributed by atoms with Crippen molar-refractivity contribution in [2.24, 2.45) is 5.92 Å². The molecule has 0 bridgehead atoms. The molecule has 112 valence electrons. The molecule has 0 aromatic heterocycles. The number of amides is 1. The largest absolute Gasteiger partial charge is 0.469 e. The van der Waals surface area contributed by atoms with Crippen molar-refractivity contribution >= 4 is 11.9 Å². The molecule has 1 amide bonds. The fourth-order valence-corrected chi connectivity index (χ4v) is 1.75. The van der Waals surface area contributed by atoms with Gasteiger partial charge in [-0.2, -0.15) is 0 Å². The average Bonchev–Trinajstić information content (AvgIpc) is 2.31. The van der Waals surface area contributed by atoms with Gasteiger partial charge in [-0.05, 0) is 33.0 Å². The maximum Gasteiger partial charge on any atom is 0.307 e. The van der Waals surface area contributed by atoms with Gasteiger partial charge in [-0.25, -0.2) is 0 Å². The second kappa shape index (κ2) is 9.78. The molecule has 0 aromatic carbocycles. The van der Waals surface area contributed by atoms with Gasteiger partial charge in [0.05, 0.1) is 13.5 Å². The van der Waals surface area contributed by atoms with Gasteiger partial charge in [0.25, 0.3) is 0 Å². The number of methoxy groups -OCH3 is 1. The van der Waals surface area contributed by atoms with Crippen LogP contribution in [0.2, 0.25) is 0 Å². The summed E-state index contributed by atoms with van der Waals surface area (Å²) >= 11 is 0. The fraction of sp³-hybridized carbons (Fsp3) is 0.857. The highest BCUT2D eigenvalue weighted by atomic mass is 16.5. The molecule has 0 saturated heterocycles. The lowest BCUT2D eigenvalue weighted by atomic mass is 10.1. The first kappa shape index (κ1) is 17.9. The monoisotopic (exact) mass is 272 g/mol. The minimum atomic E-state index is -0.269. The van der Waals surface area contributed by atoms with Crippen LogP contribution in [0.3, 0.4) is 0 Å². The van der Waals surface area contributed by atoms with Gasteiger partial charge in [0.2, 0.25) is 5.91 Å². The Hall–Kier alpha value is -1.10. The molecule has 0 aliphatic rings. The molecule has 0 saturated carbocycles. The summed E-state index contributed by atoms with van der Waals surface area (Å²) in [6.07, 6.45) is 1.71. The van der Waals surface area contributed by atoms with E-state index in [4.69, 9.17) is 0 Å². The van der Waals surface area contributed by atoms with Crippen LogP contribution in [0.15, 0.2) is 0 Å². The van der Waals surface area contributed by atoms with Gasteiger partial charge in [0.1, 0.15) is 0 Å². The lowest BCUT2D eigenvalue weighted by Gasteiger charge is -2.24. The zero-order chi connectivity index (χ0) is 14.8. The Labute approximate surface area is 116 Å². The molecular formula is C14H28N2O3. The van der Waals surface area contributed by atoms with Gasteiger partial charge in [0, 0.05) is 19.5 Å². The number of esters is 1. The summed E-state index contributed by atoms with van der Waals surface area (Å²) in [5, 5.41) is 0. The minimum absolute atomic E-state index is 0.123. The van der Waals surface area contributed by atoms with Crippen LogP contribution in [-0.2, 0) is 14.3 Å². The van der Waals surface area contributed by atoms with Crippen molar-refractivity contribution < 1.29 is 14.3 Å². The number of hydrogen-bond donors (Lipinski definition) is 0. The number of carbonyl (C=O) groups is 2. The van der Waals surface area contributed by atoms with Crippen molar-refractivity contribution in [3.05, 3.63) is 0 Å². The molecule has 0 N–H and O–H groups in total. The lowest BCUT2D eigenvalue weighted by molar-refractivity contribution is -0.141. The summed E-state index contributed by atoms with van der Waals surface area (Å²) in [6.45, 7) is 6.13. The first-order valence-corrected chi connectivity index (χ1v) is 6.86. The van der Waals surface area contributed by atoms with E-state index < -0.39 is 0 Å². The van der Waals surface area contributed by atoms with Crippen LogP contribution < -0.4 is 0 Å². The predicted molar refractivity (Wildman–Crippen MR) is 75.8 cm³/mol. The van der Waals surface area contributed by atoms with E-state index in [0.29, 0.717) is 25.4 Å². The standard InChI is InChI=1S/C14H28N2O3/c1-12(2)11-13(17)16(9-6-8-15(3)4)10-7-14(18)19-5/h12H,6-11H2,1-5H3. The Morgan fingerprint density at radius 1 is 1.11 bits per heavy atom. The summed E-state index contributed by atoms with van der Waals surface area (Å²) in [6, 6.07) is 0. The molecule has 0 atom stereocenters. The van der Waals surface area contributed by atoms with Gasteiger partial charge in [0.15, 0.2) is 0 Å². The van der Waals surface area contributed by atoms with E-state index in [0.717, 1.165) is 13.0 Å². The Balaban J connectivity index is 4.28. The molecule has 0 radical (unpaired) electrons. The maximum atomic E-state index is 12.1. The summed E-state index contributed by atoms with van der Waals surface area (Å²) in [7, 11) is 5.39. The molecule has 0 spiro atoms. The molecule has 0 unspecified atom stereocenters. The van der Waals surface area contributed by atoms with Crippen LogP contribution in [-0.4, -0.2) is 62.5 Å². The van der Waals surface area contributed by atoms with Crippen LogP contribution in [0.25, 0.3) is 0 Å². The Kier molecular flexibility index (Phi) is 9.21. The van der Waals surface area contributed by atoms with Crippen molar-refractivity contribution in [3.8, 4) is 0 Å². The molecule has 5 nitrogen and oxygen atoms in total. The number of ether oxygens (including phenoxy) is 1. The first-order chi connectivity index (χ1) is 8.86. The summed E-state index contributed by atoms with van der Waals surface area (Å²) in [5.74, 6) is 0.189. The summed E-state index contributed by atoms with van der Waals surface area (Å²) < 4.78 is 4.62. The highest BCUT2D eigenvalue weighted by Gasteiger charge is 2.16. The second-order valence-electron chi connectivity index (χ2n) is 5.46. The zero-order valence-corrected chi connectivity index (χ0v) is 12.9. The van der Waals surface area contributed by atoms with Crippen molar-refractivity contribution in [2.45, 2.75) is 33.1 Å². The van der Waals surface area contributed by atoms with E-state index in [-0.39, 0.29) is 18.3 Å². The topological polar surface area (TPSA) is 49.9 Å². The smallest absolute Gasteiger partial charge is 0.307 e. The molecule has 5 heteroatoms. The third-order valence-corrected chi connectivity index (χ3v) is 2.78.